The quantitative estimate of drug-likeness (QED) is 0.327. The van der Waals surface area contributed by atoms with Crippen LogP contribution >= 0.6 is 0 Å². The van der Waals surface area contributed by atoms with Gasteiger partial charge >= 0.3 is 0 Å². The number of nitrogens with zero attached hydrogens (tertiary/aromatic N) is 5. The van der Waals surface area contributed by atoms with Crippen LogP contribution in [0.5, 0.6) is 5.75 Å². The molecule has 0 radical (unpaired) electrons. The predicted molar refractivity (Wildman–Crippen MR) is 134 cm³/mol. The number of anilines is 1. The second-order valence-electron chi connectivity index (χ2n) is 8.73. The minimum Gasteiger partial charge on any atom is -0.489 e. The lowest BCUT2D eigenvalue weighted by molar-refractivity contribution is 0.153. The Labute approximate surface area is 200 Å². The van der Waals surface area contributed by atoms with Crippen LogP contribution in [0.25, 0.3) is 5.70 Å². The molecule has 0 unspecified atom stereocenters. The van der Waals surface area contributed by atoms with E-state index in [0.717, 1.165) is 29.8 Å². The summed E-state index contributed by atoms with van der Waals surface area (Å²) in [4.78, 5) is 9.04. The van der Waals surface area contributed by atoms with Gasteiger partial charge in [-0.15, -0.1) is 5.10 Å². The summed E-state index contributed by atoms with van der Waals surface area (Å²) in [5, 5.41) is 9.19. The molecule has 9 nitrogen and oxygen atoms in total. The highest BCUT2D eigenvalue weighted by Crippen LogP contribution is 2.26. The molecule has 5 N–H and O–H groups in total. The molecule has 0 aliphatic heterocycles. The first-order valence-electron chi connectivity index (χ1n) is 11.8. The van der Waals surface area contributed by atoms with E-state index in [-0.39, 0.29) is 6.10 Å². The average molecular weight is 463 g/mol. The summed E-state index contributed by atoms with van der Waals surface area (Å²) in [7, 11) is 1.75. The molecule has 2 aromatic heterocycles. The van der Waals surface area contributed by atoms with Gasteiger partial charge in [-0.3, -0.25) is 0 Å². The molecule has 0 saturated heterocycles. The summed E-state index contributed by atoms with van der Waals surface area (Å²) >= 11 is 0. The normalized spacial score (nSPS) is 15.0. The third-order valence-electron chi connectivity index (χ3n) is 6.03. The van der Waals surface area contributed by atoms with E-state index < -0.39 is 0 Å². The number of rotatable bonds is 9. The summed E-state index contributed by atoms with van der Waals surface area (Å²) in [6.45, 7) is 2.95. The van der Waals surface area contributed by atoms with Gasteiger partial charge in [0.1, 0.15) is 12.1 Å². The number of likely N-dealkylation sites (N-methyl/N-ethyl adjacent to an activating group) is 1. The Morgan fingerprint density at radius 1 is 1.15 bits per heavy atom. The van der Waals surface area contributed by atoms with Crippen LogP contribution in [-0.2, 0) is 6.54 Å². The number of aromatic nitrogens is 4. The molecule has 1 aliphatic rings. The number of aryl methyl sites for hydroxylation is 1. The average Bonchev–Trinajstić information content (AvgIpc) is 3.28. The Morgan fingerprint density at radius 2 is 1.91 bits per heavy atom. The van der Waals surface area contributed by atoms with Crippen molar-refractivity contribution in [3.05, 3.63) is 71.4 Å². The van der Waals surface area contributed by atoms with Crippen LogP contribution in [0.2, 0.25) is 0 Å². The molecule has 0 amide bonds. The van der Waals surface area contributed by atoms with Crippen LogP contribution in [0, 0.1) is 6.92 Å². The first-order valence-corrected chi connectivity index (χ1v) is 11.8. The molecule has 3 aromatic rings. The predicted octanol–water partition coefficient (Wildman–Crippen LogP) is 3.29. The van der Waals surface area contributed by atoms with E-state index in [1.165, 1.54) is 24.3 Å². The summed E-state index contributed by atoms with van der Waals surface area (Å²) in [6, 6.07) is 14.0. The van der Waals surface area contributed by atoms with E-state index in [0.29, 0.717) is 36.1 Å². The second kappa shape index (κ2) is 11.0. The molecule has 9 heteroatoms. The Balaban J connectivity index is 1.43. The van der Waals surface area contributed by atoms with Crippen LogP contribution in [0.1, 0.15) is 49.1 Å². The topological polar surface area (TPSA) is 120 Å². The first-order chi connectivity index (χ1) is 16.5. The van der Waals surface area contributed by atoms with Gasteiger partial charge < -0.3 is 20.8 Å². The zero-order valence-corrected chi connectivity index (χ0v) is 19.9. The summed E-state index contributed by atoms with van der Waals surface area (Å²) in [6.07, 6.45) is 7.93. The van der Waals surface area contributed by atoms with Gasteiger partial charge in [0, 0.05) is 7.05 Å². The van der Waals surface area contributed by atoms with E-state index in [9.17, 15) is 0 Å². The summed E-state index contributed by atoms with van der Waals surface area (Å²) in [5.74, 6) is 7.42. The number of ether oxygens (including phenoxy) is 1. The number of hydrogen-bond donors (Lipinski definition) is 3. The van der Waals surface area contributed by atoms with Gasteiger partial charge in [-0.25, -0.2) is 20.5 Å². The molecule has 34 heavy (non-hydrogen) atoms. The van der Waals surface area contributed by atoms with Crippen molar-refractivity contribution < 1.29 is 4.74 Å². The monoisotopic (exact) mass is 462 g/mol. The minimum atomic E-state index is 0.275. The zero-order valence-electron chi connectivity index (χ0n) is 19.9. The molecule has 1 aliphatic carbocycles. The summed E-state index contributed by atoms with van der Waals surface area (Å²) in [5.41, 5.74) is 10.3. The lowest BCUT2D eigenvalue weighted by Crippen LogP contribution is -2.32. The van der Waals surface area contributed by atoms with Gasteiger partial charge in [-0.05, 0) is 50.3 Å². The largest absolute Gasteiger partial charge is 0.489 e. The third-order valence-corrected chi connectivity index (χ3v) is 6.03. The van der Waals surface area contributed by atoms with Crippen LogP contribution < -0.4 is 21.6 Å². The van der Waals surface area contributed by atoms with E-state index in [4.69, 9.17) is 21.3 Å². The van der Waals surface area contributed by atoms with E-state index in [1.807, 2.05) is 37.3 Å². The van der Waals surface area contributed by atoms with Crippen LogP contribution in [0.3, 0.4) is 0 Å². The van der Waals surface area contributed by atoms with Crippen molar-refractivity contribution in [2.75, 3.05) is 18.9 Å². The van der Waals surface area contributed by atoms with Crippen LogP contribution in [-0.4, -0.2) is 44.5 Å². The Morgan fingerprint density at radius 3 is 2.62 bits per heavy atom. The lowest BCUT2D eigenvalue weighted by atomic mass is 9.98. The molecular weight excluding hydrogens is 428 g/mol. The molecule has 4 rings (SSSR count). The number of nitrogens with one attached hydrogen (secondary N) is 1. The molecule has 1 fully saturated rings. The van der Waals surface area contributed by atoms with Gasteiger partial charge in [0.15, 0.2) is 0 Å². The SMILES string of the molecule is Cc1nc(/C(N)=C(\CNc2ncn(Cc3ccccc3)n2)N(C)N)ccc1OC1CCCCC1. The minimum absolute atomic E-state index is 0.275. The Hall–Kier alpha value is -3.59. The molecular formula is C25H34N8O. The van der Waals surface area contributed by atoms with Crippen LogP contribution in [0.15, 0.2) is 54.5 Å². The smallest absolute Gasteiger partial charge is 0.242 e. The molecule has 0 atom stereocenters. The first kappa shape index (κ1) is 23.6. The van der Waals surface area contributed by atoms with E-state index >= 15 is 0 Å². The van der Waals surface area contributed by atoms with Gasteiger partial charge in [0.2, 0.25) is 5.95 Å². The van der Waals surface area contributed by atoms with Crippen molar-refractivity contribution >= 4 is 11.6 Å². The molecule has 2 heterocycles. The Kier molecular flexibility index (Phi) is 7.64. The van der Waals surface area contributed by atoms with Crippen molar-refractivity contribution in [1.29, 1.82) is 0 Å². The summed E-state index contributed by atoms with van der Waals surface area (Å²) < 4.78 is 7.98. The van der Waals surface area contributed by atoms with E-state index in [1.54, 1.807) is 18.1 Å². The Bertz CT molecular complexity index is 1100. The molecule has 0 spiro atoms. The number of pyridine rings is 1. The van der Waals surface area contributed by atoms with Crippen molar-refractivity contribution in [3.8, 4) is 5.75 Å². The fraction of sp³-hybridized carbons (Fsp3) is 0.400. The van der Waals surface area contributed by atoms with Gasteiger partial charge in [-0.2, -0.15) is 0 Å². The maximum Gasteiger partial charge on any atom is 0.242 e. The van der Waals surface area contributed by atoms with Gasteiger partial charge in [-0.1, -0.05) is 36.8 Å². The fourth-order valence-corrected chi connectivity index (χ4v) is 4.13. The highest BCUT2D eigenvalue weighted by atomic mass is 16.5. The maximum absolute atomic E-state index is 6.48. The molecule has 180 valence electrons. The fourth-order valence-electron chi connectivity index (χ4n) is 4.13. The van der Waals surface area contributed by atoms with Gasteiger partial charge in [0.25, 0.3) is 0 Å². The lowest BCUT2D eigenvalue weighted by Gasteiger charge is -2.24. The number of hydrogen-bond acceptors (Lipinski definition) is 8. The van der Waals surface area contributed by atoms with Gasteiger partial charge in [0.05, 0.1) is 42.0 Å². The highest BCUT2D eigenvalue weighted by Gasteiger charge is 2.17. The molecule has 1 saturated carbocycles. The van der Waals surface area contributed by atoms with Crippen molar-refractivity contribution in [3.63, 3.8) is 0 Å². The number of nitrogens with two attached hydrogens (primary N) is 2. The molecule has 1 aromatic carbocycles. The van der Waals surface area contributed by atoms with Crippen molar-refractivity contribution in [1.82, 2.24) is 24.8 Å². The molecule has 0 bridgehead atoms. The van der Waals surface area contributed by atoms with E-state index in [2.05, 4.69) is 27.5 Å². The standard InChI is InChI=1S/C25H34N8O/c1-18-23(34-20-11-7-4-8-12-20)14-13-21(30-18)24(26)22(32(2)27)15-28-25-29-17-33(31-25)16-19-9-5-3-6-10-19/h3,5-6,9-10,13-14,17,20H,4,7-8,11-12,15-16,26-27H2,1-2H3,(H,28,31)/b24-22-. The van der Waals surface area contributed by atoms with Crippen molar-refractivity contribution in [2.45, 2.75) is 51.7 Å². The third kappa shape index (κ3) is 6.05. The second-order valence-corrected chi connectivity index (χ2v) is 8.73. The number of hydrazine groups is 1. The van der Waals surface area contributed by atoms with Crippen molar-refractivity contribution in [2.24, 2.45) is 11.6 Å². The zero-order chi connectivity index (χ0) is 23.9. The number of benzene rings is 1. The highest BCUT2D eigenvalue weighted by molar-refractivity contribution is 5.64. The maximum atomic E-state index is 6.48. The van der Waals surface area contributed by atoms with Crippen LogP contribution in [0.4, 0.5) is 5.95 Å².